The van der Waals surface area contributed by atoms with Crippen LogP contribution in [0.25, 0.3) is 12.2 Å². The van der Waals surface area contributed by atoms with E-state index in [1.165, 1.54) is 30.8 Å². The van der Waals surface area contributed by atoms with Crippen LogP contribution in [0.3, 0.4) is 0 Å². The van der Waals surface area contributed by atoms with Gasteiger partial charge >= 0.3 is 0 Å². The minimum Gasteiger partial charge on any atom is -0.504 e. The Balaban J connectivity index is 1.78. The molecule has 1 fully saturated rings. The van der Waals surface area contributed by atoms with Crippen LogP contribution in [0.4, 0.5) is 10.1 Å². The molecule has 1 saturated heterocycles. The Morgan fingerprint density at radius 3 is 2.38 bits per heavy atom. The first kappa shape index (κ1) is 16.2. The Kier molecular flexibility index (Phi) is 4.94. The molecule has 0 bridgehead atoms. The van der Waals surface area contributed by atoms with Gasteiger partial charge in [-0.1, -0.05) is 24.3 Å². The number of halogens is 1. The summed E-state index contributed by atoms with van der Waals surface area (Å²) in [5.41, 5.74) is 3.37. The second-order valence-corrected chi connectivity index (χ2v) is 5.95. The van der Waals surface area contributed by atoms with Gasteiger partial charge in [-0.05, 0) is 48.2 Å². The zero-order valence-corrected chi connectivity index (χ0v) is 13.7. The van der Waals surface area contributed by atoms with Crippen LogP contribution in [0, 0.1) is 5.82 Å². The third-order valence-electron chi connectivity index (χ3n) is 4.22. The van der Waals surface area contributed by atoms with Gasteiger partial charge in [-0.2, -0.15) is 0 Å². The van der Waals surface area contributed by atoms with Crippen molar-refractivity contribution in [3.8, 4) is 5.75 Å². The summed E-state index contributed by atoms with van der Waals surface area (Å²) in [7, 11) is 1.59. The molecule has 0 saturated carbocycles. The van der Waals surface area contributed by atoms with Gasteiger partial charge in [-0.25, -0.2) is 4.39 Å². The lowest BCUT2D eigenvalue weighted by Gasteiger charge is -2.17. The monoisotopic (exact) mass is 324 g/mol. The molecule has 24 heavy (non-hydrogen) atoms. The lowest BCUT2D eigenvalue weighted by molar-refractivity contribution is 0.431. The van der Waals surface area contributed by atoms with E-state index in [1.807, 2.05) is 12.2 Å². The van der Waals surface area contributed by atoms with E-state index >= 15 is 0 Å². The summed E-state index contributed by atoms with van der Waals surface area (Å²) in [5.74, 6) is -1.01. The summed E-state index contributed by atoms with van der Waals surface area (Å²) in [6.45, 7) is 2.26. The maximum atomic E-state index is 13.8. The van der Waals surface area contributed by atoms with Gasteiger partial charge in [0.25, 0.3) is 0 Å². The van der Waals surface area contributed by atoms with Crippen LogP contribution in [0.5, 0.6) is 5.75 Å². The molecule has 1 aliphatic rings. The standard InChI is InChI=1S/C20H21FN2O/c1-22-14-17-12-16(13-19(21)20(17)24)5-4-15-6-8-18(9-7-15)23-10-2-3-11-23/h4-9,12-14,24H,2-3,10-11H2,1H3/b5-4+,22-14?. The first-order chi connectivity index (χ1) is 11.7. The van der Waals surface area contributed by atoms with E-state index < -0.39 is 5.82 Å². The van der Waals surface area contributed by atoms with Crippen LogP contribution < -0.4 is 4.90 Å². The Hall–Kier alpha value is -2.62. The second kappa shape index (κ2) is 7.30. The van der Waals surface area contributed by atoms with Crippen molar-refractivity contribution in [3.05, 3.63) is 58.9 Å². The quantitative estimate of drug-likeness (QED) is 0.670. The fourth-order valence-corrected chi connectivity index (χ4v) is 2.94. The number of nitrogens with zero attached hydrogens (tertiary/aromatic N) is 2. The van der Waals surface area contributed by atoms with Crippen molar-refractivity contribution in [3.63, 3.8) is 0 Å². The van der Waals surface area contributed by atoms with Gasteiger partial charge in [0.2, 0.25) is 0 Å². The summed E-state index contributed by atoms with van der Waals surface area (Å²) in [5, 5.41) is 9.68. The largest absolute Gasteiger partial charge is 0.504 e. The van der Waals surface area contributed by atoms with Crippen LogP contribution in [0.1, 0.15) is 29.5 Å². The van der Waals surface area contributed by atoms with Crippen molar-refractivity contribution in [2.45, 2.75) is 12.8 Å². The molecule has 0 radical (unpaired) electrons. The van der Waals surface area contributed by atoms with Gasteiger partial charge in [0.05, 0.1) is 0 Å². The Bertz CT molecular complexity index is 760. The average molecular weight is 324 g/mol. The van der Waals surface area contributed by atoms with Crippen LogP contribution in [-0.4, -0.2) is 31.5 Å². The highest BCUT2D eigenvalue weighted by Gasteiger charge is 2.11. The molecule has 1 N–H and O–H groups in total. The number of aliphatic imine (C=N–C) groups is 1. The maximum absolute atomic E-state index is 13.8. The smallest absolute Gasteiger partial charge is 0.166 e. The van der Waals surface area contributed by atoms with E-state index in [0.29, 0.717) is 11.1 Å². The fourth-order valence-electron chi connectivity index (χ4n) is 2.94. The molecule has 1 heterocycles. The summed E-state index contributed by atoms with van der Waals surface area (Å²) in [6.07, 6.45) is 7.74. The molecular formula is C20H21FN2O. The number of hydrogen-bond acceptors (Lipinski definition) is 3. The van der Waals surface area contributed by atoms with E-state index in [1.54, 1.807) is 13.1 Å². The van der Waals surface area contributed by atoms with Crippen molar-refractivity contribution in [2.24, 2.45) is 4.99 Å². The highest BCUT2D eigenvalue weighted by atomic mass is 19.1. The molecule has 124 valence electrons. The van der Waals surface area contributed by atoms with Crippen LogP contribution in [0.2, 0.25) is 0 Å². The van der Waals surface area contributed by atoms with E-state index in [-0.39, 0.29) is 5.75 Å². The Morgan fingerprint density at radius 1 is 1.04 bits per heavy atom. The van der Waals surface area contributed by atoms with Gasteiger partial charge in [0.15, 0.2) is 11.6 Å². The Morgan fingerprint density at radius 2 is 1.71 bits per heavy atom. The third-order valence-corrected chi connectivity index (χ3v) is 4.22. The molecule has 0 amide bonds. The molecule has 3 rings (SSSR count). The minimum absolute atomic E-state index is 0.368. The first-order valence-corrected chi connectivity index (χ1v) is 8.15. The fraction of sp³-hybridized carbons (Fsp3) is 0.250. The van der Waals surface area contributed by atoms with E-state index in [4.69, 9.17) is 0 Å². The number of aromatic hydroxyl groups is 1. The number of phenols is 1. The van der Waals surface area contributed by atoms with Crippen molar-refractivity contribution < 1.29 is 9.50 Å². The molecule has 0 aliphatic carbocycles. The van der Waals surface area contributed by atoms with Crippen molar-refractivity contribution in [1.29, 1.82) is 0 Å². The zero-order chi connectivity index (χ0) is 16.9. The molecule has 0 unspecified atom stereocenters. The van der Waals surface area contributed by atoms with Gasteiger partial charge in [0.1, 0.15) is 0 Å². The van der Waals surface area contributed by atoms with E-state index in [9.17, 15) is 9.50 Å². The lowest BCUT2D eigenvalue weighted by Crippen LogP contribution is -2.17. The maximum Gasteiger partial charge on any atom is 0.166 e. The third kappa shape index (κ3) is 3.65. The lowest BCUT2D eigenvalue weighted by atomic mass is 10.1. The van der Waals surface area contributed by atoms with Crippen molar-refractivity contribution >= 4 is 24.1 Å². The molecule has 3 nitrogen and oxygen atoms in total. The molecule has 0 spiro atoms. The van der Waals surface area contributed by atoms with Gasteiger partial charge in [-0.15, -0.1) is 0 Å². The second-order valence-electron chi connectivity index (χ2n) is 5.95. The summed E-state index contributed by atoms with van der Waals surface area (Å²) in [6, 6.07) is 11.4. The topological polar surface area (TPSA) is 35.8 Å². The zero-order valence-electron chi connectivity index (χ0n) is 13.7. The average Bonchev–Trinajstić information content (AvgIpc) is 3.12. The molecule has 4 heteroatoms. The minimum atomic E-state index is -0.642. The van der Waals surface area contributed by atoms with E-state index in [2.05, 4.69) is 34.2 Å². The SMILES string of the molecule is CN=Cc1cc(/C=C/c2ccc(N3CCCC3)cc2)cc(F)c1O. The number of hydrogen-bond donors (Lipinski definition) is 1. The number of anilines is 1. The molecule has 2 aromatic carbocycles. The van der Waals surface area contributed by atoms with Crippen molar-refractivity contribution in [2.75, 3.05) is 25.0 Å². The highest BCUT2D eigenvalue weighted by molar-refractivity contribution is 5.85. The first-order valence-electron chi connectivity index (χ1n) is 8.15. The van der Waals surface area contributed by atoms with Gasteiger partial charge in [0, 0.05) is 37.6 Å². The molecule has 0 aromatic heterocycles. The number of rotatable bonds is 4. The number of phenolic OH excluding ortho intramolecular Hbond substituents is 1. The van der Waals surface area contributed by atoms with Crippen LogP contribution in [0.15, 0.2) is 41.4 Å². The van der Waals surface area contributed by atoms with Gasteiger partial charge in [-0.3, -0.25) is 4.99 Å². The predicted molar refractivity (Wildman–Crippen MR) is 98.4 cm³/mol. The molecule has 0 atom stereocenters. The van der Waals surface area contributed by atoms with Crippen LogP contribution >= 0.6 is 0 Å². The van der Waals surface area contributed by atoms with Crippen LogP contribution in [-0.2, 0) is 0 Å². The van der Waals surface area contributed by atoms with Gasteiger partial charge < -0.3 is 10.0 Å². The Labute approximate surface area is 141 Å². The van der Waals surface area contributed by atoms with Crippen molar-refractivity contribution in [1.82, 2.24) is 0 Å². The summed E-state index contributed by atoms with van der Waals surface area (Å²) >= 11 is 0. The predicted octanol–water partition coefficient (Wildman–Crippen LogP) is 4.35. The summed E-state index contributed by atoms with van der Waals surface area (Å²) < 4.78 is 13.8. The number of benzene rings is 2. The molecule has 1 aliphatic heterocycles. The normalized spacial score (nSPS) is 15.0. The molecule has 2 aromatic rings. The highest BCUT2D eigenvalue weighted by Crippen LogP contribution is 2.24. The van der Waals surface area contributed by atoms with E-state index in [0.717, 1.165) is 18.7 Å². The molecular weight excluding hydrogens is 303 g/mol. The summed E-state index contributed by atoms with van der Waals surface area (Å²) in [4.78, 5) is 6.22.